The van der Waals surface area contributed by atoms with Gasteiger partial charge in [0.1, 0.15) is 11.6 Å². The second kappa shape index (κ2) is 4.60. The van der Waals surface area contributed by atoms with Crippen molar-refractivity contribution in [3.63, 3.8) is 0 Å². The van der Waals surface area contributed by atoms with Crippen molar-refractivity contribution in [2.24, 2.45) is 0 Å². The number of halogens is 3. The average molecular weight is 275 g/mol. The van der Waals surface area contributed by atoms with Crippen LogP contribution in [0.25, 0.3) is 0 Å². The van der Waals surface area contributed by atoms with E-state index >= 15 is 0 Å². The predicted molar refractivity (Wildman–Crippen MR) is 60.3 cm³/mol. The van der Waals surface area contributed by atoms with E-state index in [1.54, 1.807) is 6.07 Å². The lowest BCUT2D eigenvalue weighted by Gasteiger charge is -2.27. The number of alkyl halides is 1. The third kappa shape index (κ3) is 2.39. The monoisotopic (exact) mass is 274 g/mol. The lowest BCUT2D eigenvalue weighted by atomic mass is 9.84. The van der Waals surface area contributed by atoms with Gasteiger partial charge in [0.25, 0.3) is 0 Å². The SMILES string of the molecule is Fc1ccc(C2CCCCC2Br)c(F)c1. The van der Waals surface area contributed by atoms with Gasteiger partial charge in [-0.2, -0.15) is 0 Å². The van der Waals surface area contributed by atoms with E-state index in [2.05, 4.69) is 15.9 Å². The molecule has 0 aliphatic heterocycles. The Morgan fingerprint density at radius 2 is 1.87 bits per heavy atom. The molecule has 3 heteroatoms. The van der Waals surface area contributed by atoms with Crippen molar-refractivity contribution in [3.8, 4) is 0 Å². The van der Waals surface area contributed by atoms with Crippen molar-refractivity contribution >= 4 is 15.9 Å². The largest absolute Gasteiger partial charge is 0.207 e. The molecule has 0 nitrogen and oxygen atoms in total. The van der Waals surface area contributed by atoms with E-state index in [1.807, 2.05) is 0 Å². The standard InChI is InChI=1S/C12H13BrF2/c13-11-4-2-1-3-9(11)10-6-5-8(14)7-12(10)15/h5-7,9,11H,1-4H2. The molecule has 2 atom stereocenters. The zero-order chi connectivity index (χ0) is 10.8. The zero-order valence-corrected chi connectivity index (χ0v) is 9.94. The molecule has 0 saturated heterocycles. The first kappa shape index (κ1) is 11.1. The van der Waals surface area contributed by atoms with Gasteiger partial charge in [-0.25, -0.2) is 8.78 Å². The molecule has 1 fully saturated rings. The van der Waals surface area contributed by atoms with Crippen LogP contribution in [0.2, 0.25) is 0 Å². The first-order valence-corrected chi connectivity index (χ1v) is 6.19. The predicted octanol–water partition coefficient (Wildman–Crippen LogP) is 4.39. The van der Waals surface area contributed by atoms with Crippen LogP contribution in [0.3, 0.4) is 0 Å². The molecule has 1 aliphatic carbocycles. The summed E-state index contributed by atoms with van der Waals surface area (Å²) in [5.41, 5.74) is 0.651. The molecule has 0 spiro atoms. The van der Waals surface area contributed by atoms with Gasteiger partial charge in [-0.3, -0.25) is 0 Å². The Morgan fingerprint density at radius 3 is 2.53 bits per heavy atom. The molecule has 2 rings (SSSR count). The van der Waals surface area contributed by atoms with E-state index < -0.39 is 11.6 Å². The highest BCUT2D eigenvalue weighted by Gasteiger charge is 2.26. The first-order chi connectivity index (χ1) is 7.18. The summed E-state index contributed by atoms with van der Waals surface area (Å²) >= 11 is 3.58. The number of rotatable bonds is 1. The normalized spacial score (nSPS) is 26.6. The average Bonchev–Trinajstić information content (AvgIpc) is 2.20. The summed E-state index contributed by atoms with van der Waals surface area (Å²) in [5.74, 6) is -0.719. The van der Waals surface area contributed by atoms with Crippen molar-refractivity contribution in [1.29, 1.82) is 0 Å². The van der Waals surface area contributed by atoms with Crippen LogP contribution < -0.4 is 0 Å². The smallest absolute Gasteiger partial charge is 0.129 e. The Hall–Kier alpha value is -0.440. The molecule has 0 radical (unpaired) electrons. The van der Waals surface area contributed by atoms with Gasteiger partial charge in [0.05, 0.1) is 0 Å². The van der Waals surface area contributed by atoms with E-state index in [0.717, 1.165) is 25.3 Å². The topological polar surface area (TPSA) is 0 Å². The summed E-state index contributed by atoms with van der Waals surface area (Å²) in [6.45, 7) is 0. The maximum absolute atomic E-state index is 13.5. The van der Waals surface area contributed by atoms with Gasteiger partial charge in [-0.1, -0.05) is 34.8 Å². The Balaban J connectivity index is 2.27. The van der Waals surface area contributed by atoms with Gasteiger partial charge in [0.15, 0.2) is 0 Å². The highest BCUT2D eigenvalue weighted by molar-refractivity contribution is 9.09. The highest BCUT2D eigenvalue weighted by atomic mass is 79.9. The van der Waals surface area contributed by atoms with Crippen LogP contribution in [0, 0.1) is 11.6 Å². The molecule has 0 aromatic heterocycles. The van der Waals surface area contributed by atoms with Crippen LogP contribution in [-0.4, -0.2) is 4.83 Å². The summed E-state index contributed by atoms with van der Waals surface area (Å²) < 4.78 is 26.3. The summed E-state index contributed by atoms with van der Waals surface area (Å²) in [7, 11) is 0. The molecule has 0 heterocycles. The summed E-state index contributed by atoms with van der Waals surface area (Å²) in [6.07, 6.45) is 4.37. The minimum atomic E-state index is -0.502. The van der Waals surface area contributed by atoms with E-state index in [1.165, 1.54) is 12.5 Å². The minimum Gasteiger partial charge on any atom is -0.207 e. The Morgan fingerprint density at radius 1 is 1.13 bits per heavy atom. The fraction of sp³-hybridized carbons (Fsp3) is 0.500. The summed E-state index contributed by atoms with van der Waals surface area (Å²) in [5, 5.41) is 0. The Kier molecular flexibility index (Phi) is 3.39. The zero-order valence-electron chi connectivity index (χ0n) is 8.35. The van der Waals surface area contributed by atoms with Crippen LogP contribution in [0.4, 0.5) is 8.78 Å². The number of hydrogen-bond acceptors (Lipinski definition) is 0. The van der Waals surface area contributed by atoms with Crippen LogP contribution in [-0.2, 0) is 0 Å². The summed E-state index contributed by atoms with van der Waals surface area (Å²) in [6, 6.07) is 3.89. The first-order valence-electron chi connectivity index (χ1n) is 5.27. The van der Waals surface area contributed by atoms with Crippen molar-refractivity contribution in [3.05, 3.63) is 35.4 Å². The molecule has 0 N–H and O–H groups in total. The molecule has 15 heavy (non-hydrogen) atoms. The Bertz CT molecular complexity index is 351. The fourth-order valence-electron chi connectivity index (χ4n) is 2.24. The quantitative estimate of drug-likeness (QED) is 0.667. The molecular formula is C12H13BrF2. The number of benzene rings is 1. The maximum atomic E-state index is 13.5. The minimum absolute atomic E-state index is 0.194. The molecule has 1 aromatic carbocycles. The van der Waals surface area contributed by atoms with E-state index in [9.17, 15) is 8.78 Å². The second-order valence-electron chi connectivity index (χ2n) is 4.07. The second-order valence-corrected chi connectivity index (χ2v) is 5.25. The van der Waals surface area contributed by atoms with Crippen LogP contribution in [0.1, 0.15) is 37.2 Å². The van der Waals surface area contributed by atoms with E-state index in [0.29, 0.717) is 10.4 Å². The third-order valence-corrected chi connectivity index (χ3v) is 4.14. The van der Waals surface area contributed by atoms with Crippen LogP contribution in [0.5, 0.6) is 0 Å². The van der Waals surface area contributed by atoms with E-state index in [4.69, 9.17) is 0 Å². The molecular weight excluding hydrogens is 262 g/mol. The van der Waals surface area contributed by atoms with E-state index in [-0.39, 0.29) is 5.92 Å². The molecule has 1 aliphatic rings. The maximum Gasteiger partial charge on any atom is 0.129 e. The third-order valence-electron chi connectivity index (χ3n) is 3.04. The molecule has 2 unspecified atom stereocenters. The van der Waals surface area contributed by atoms with Crippen LogP contribution in [0.15, 0.2) is 18.2 Å². The van der Waals surface area contributed by atoms with Gasteiger partial charge >= 0.3 is 0 Å². The molecule has 1 aromatic rings. The Labute approximate surface area is 96.8 Å². The molecule has 1 saturated carbocycles. The van der Waals surface area contributed by atoms with Gasteiger partial charge in [-0.15, -0.1) is 0 Å². The summed E-state index contributed by atoms with van der Waals surface area (Å²) in [4.78, 5) is 0.325. The van der Waals surface area contributed by atoms with Crippen molar-refractivity contribution < 1.29 is 8.78 Å². The molecule has 82 valence electrons. The van der Waals surface area contributed by atoms with Crippen molar-refractivity contribution in [1.82, 2.24) is 0 Å². The van der Waals surface area contributed by atoms with Gasteiger partial charge < -0.3 is 0 Å². The number of hydrogen-bond donors (Lipinski definition) is 0. The van der Waals surface area contributed by atoms with Crippen molar-refractivity contribution in [2.75, 3.05) is 0 Å². The van der Waals surface area contributed by atoms with Gasteiger partial charge in [0, 0.05) is 10.9 Å². The molecule has 0 bridgehead atoms. The van der Waals surface area contributed by atoms with Crippen LogP contribution >= 0.6 is 15.9 Å². The van der Waals surface area contributed by atoms with Gasteiger partial charge in [0.2, 0.25) is 0 Å². The molecule has 0 amide bonds. The van der Waals surface area contributed by atoms with Crippen molar-refractivity contribution in [2.45, 2.75) is 36.4 Å². The lowest BCUT2D eigenvalue weighted by molar-refractivity contribution is 0.443. The van der Waals surface area contributed by atoms with Gasteiger partial charge in [-0.05, 0) is 30.4 Å². The lowest BCUT2D eigenvalue weighted by Crippen LogP contribution is -2.18. The highest BCUT2D eigenvalue weighted by Crippen LogP contribution is 2.38. The fourth-order valence-corrected chi connectivity index (χ4v) is 3.11.